The Labute approximate surface area is 90.6 Å². The Balaban J connectivity index is 1.59. The number of nitrogens with zero attached hydrogens (tertiary/aromatic N) is 2. The zero-order valence-corrected chi connectivity index (χ0v) is 9.22. The van der Waals surface area contributed by atoms with Crippen LogP contribution < -0.4 is 5.32 Å². The maximum atomic E-state index is 5.49. The molecule has 15 heavy (non-hydrogen) atoms. The van der Waals surface area contributed by atoms with Crippen molar-refractivity contribution in [2.75, 3.05) is 13.2 Å². The molecule has 0 saturated carbocycles. The zero-order chi connectivity index (χ0) is 10.5. The van der Waals surface area contributed by atoms with Gasteiger partial charge in [0.1, 0.15) is 0 Å². The number of imidazole rings is 1. The van der Waals surface area contributed by atoms with Gasteiger partial charge in [-0.3, -0.25) is 0 Å². The SMILES string of the molecule is C[C@@H]1OCC[C@H]1NCCCn1ccnc1. The van der Waals surface area contributed by atoms with Gasteiger partial charge in [-0.1, -0.05) is 0 Å². The van der Waals surface area contributed by atoms with Crippen molar-refractivity contribution in [1.29, 1.82) is 0 Å². The van der Waals surface area contributed by atoms with E-state index in [9.17, 15) is 0 Å². The molecule has 1 fully saturated rings. The minimum atomic E-state index is 0.373. The van der Waals surface area contributed by atoms with Gasteiger partial charge in [-0.2, -0.15) is 0 Å². The minimum Gasteiger partial charge on any atom is -0.377 e. The van der Waals surface area contributed by atoms with E-state index in [1.54, 1.807) is 0 Å². The first-order valence-corrected chi connectivity index (χ1v) is 5.67. The first kappa shape index (κ1) is 10.6. The molecule has 1 aliphatic rings. The summed E-state index contributed by atoms with van der Waals surface area (Å²) in [4.78, 5) is 4.01. The summed E-state index contributed by atoms with van der Waals surface area (Å²) in [7, 11) is 0. The van der Waals surface area contributed by atoms with Crippen molar-refractivity contribution in [3.63, 3.8) is 0 Å². The first-order valence-electron chi connectivity index (χ1n) is 5.67. The van der Waals surface area contributed by atoms with Crippen LogP contribution in [0.1, 0.15) is 19.8 Å². The number of rotatable bonds is 5. The summed E-state index contributed by atoms with van der Waals surface area (Å²) in [5.74, 6) is 0. The fourth-order valence-corrected chi connectivity index (χ4v) is 1.97. The standard InChI is InChI=1S/C11H19N3O/c1-10-11(3-8-15-10)13-4-2-6-14-7-5-12-9-14/h5,7,9-11,13H,2-4,6,8H2,1H3/t10-,11+/m0/s1. The van der Waals surface area contributed by atoms with E-state index in [1.165, 1.54) is 0 Å². The Kier molecular flexibility index (Phi) is 3.75. The Bertz CT molecular complexity index is 273. The van der Waals surface area contributed by atoms with Gasteiger partial charge in [0.2, 0.25) is 0 Å². The van der Waals surface area contributed by atoms with Crippen LogP contribution in [0.2, 0.25) is 0 Å². The van der Waals surface area contributed by atoms with Gasteiger partial charge in [-0.05, 0) is 26.3 Å². The molecule has 84 valence electrons. The van der Waals surface area contributed by atoms with Crippen LogP contribution in [0.15, 0.2) is 18.7 Å². The molecule has 1 aliphatic heterocycles. The maximum Gasteiger partial charge on any atom is 0.0945 e. The molecular formula is C11H19N3O. The summed E-state index contributed by atoms with van der Waals surface area (Å²) in [6.07, 6.45) is 8.34. The molecule has 1 aromatic heterocycles. The zero-order valence-electron chi connectivity index (χ0n) is 9.22. The monoisotopic (exact) mass is 209 g/mol. The van der Waals surface area contributed by atoms with Crippen LogP contribution >= 0.6 is 0 Å². The van der Waals surface area contributed by atoms with Crippen molar-refractivity contribution < 1.29 is 4.74 Å². The van der Waals surface area contributed by atoms with Crippen molar-refractivity contribution in [3.05, 3.63) is 18.7 Å². The predicted molar refractivity (Wildman–Crippen MR) is 58.7 cm³/mol. The molecule has 2 heterocycles. The van der Waals surface area contributed by atoms with Crippen molar-refractivity contribution in [3.8, 4) is 0 Å². The first-order chi connectivity index (χ1) is 7.36. The average molecular weight is 209 g/mol. The Hall–Kier alpha value is -0.870. The highest BCUT2D eigenvalue weighted by atomic mass is 16.5. The van der Waals surface area contributed by atoms with E-state index in [-0.39, 0.29) is 0 Å². The van der Waals surface area contributed by atoms with E-state index in [0.29, 0.717) is 12.1 Å². The van der Waals surface area contributed by atoms with E-state index < -0.39 is 0 Å². The molecule has 0 radical (unpaired) electrons. The minimum absolute atomic E-state index is 0.373. The predicted octanol–water partition coefficient (Wildman–Crippen LogP) is 1.04. The Morgan fingerprint density at radius 3 is 3.20 bits per heavy atom. The lowest BCUT2D eigenvalue weighted by Gasteiger charge is -2.15. The van der Waals surface area contributed by atoms with Crippen LogP contribution in [0.25, 0.3) is 0 Å². The molecule has 0 aliphatic carbocycles. The summed E-state index contributed by atoms with van der Waals surface area (Å²) < 4.78 is 7.60. The van der Waals surface area contributed by atoms with E-state index in [0.717, 1.165) is 32.5 Å². The topological polar surface area (TPSA) is 39.1 Å². The molecule has 0 amide bonds. The molecule has 1 aromatic rings. The number of ether oxygens (including phenoxy) is 1. The summed E-state index contributed by atoms with van der Waals surface area (Å²) in [5.41, 5.74) is 0. The average Bonchev–Trinajstić information content (AvgIpc) is 2.85. The van der Waals surface area contributed by atoms with Gasteiger partial charge in [0.15, 0.2) is 0 Å². The van der Waals surface area contributed by atoms with E-state index in [4.69, 9.17) is 4.74 Å². The number of hydrogen-bond acceptors (Lipinski definition) is 3. The Morgan fingerprint density at radius 1 is 1.60 bits per heavy atom. The number of aryl methyl sites for hydroxylation is 1. The summed E-state index contributed by atoms with van der Waals surface area (Å²) in [6.45, 7) is 5.13. The maximum absolute atomic E-state index is 5.49. The molecule has 4 heteroatoms. The number of hydrogen-bond donors (Lipinski definition) is 1. The van der Waals surface area contributed by atoms with E-state index in [2.05, 4.69) is 21.8 Å². The number of nitrogens with one attached hydrogen (secondary N) is 1. The molecule has 0 unspecified atom stereocenters. The molecule has 2 rings (SSSR count). The lowest BCUT2D eigenvalue weighted by Crippen LogP contribution is -2.35. The van der Waals surface area contributed by atoms with Gasteiger partial charge < -0.3 is 14.6 Å². The highest BCUT2D eigenvalue weighted by Gasteiger charge is 2.22. The third-order valence-electron chi connectivity index (χ3n) is 2.94. The molecule has 0 bridgehead atoms. The normalized spacial score (nSPS) is 25.9. The van der Waals surface area contributed by atoms with Crippen LogP contribution in [0.4, 0.5) is 0 Å². The lowest BCUT2D eigenvalue weighted by atomic mass is 10.1. The van der Waals surface area contributed by atoms with Gasteiger partial charge in [0, 0.05) is 31.6 Å². The van der Waals surface area contributed by atoms with Gasteiger partial charge in [0.05, 0.1) is 12.4 Å². The third-order valence-corrected chi connectivity index (χ3v) is 2.94. The second kappa shape index (κ2) is 5.28. The fraction of sp³-hybridized carbons (Fsp3) is 0.727. The summed E-state index contributed by atoms with van der Waals surface area (Å²) in [5, 5.41) is 3.54. The number of aromatic nitrogens is 2. The highest BCUT2D eigenvalue weighted by Crippen LogP contribution is 2.12. The third kappa shape index (κ3) is 3.04. The summed E-state index contributed by atoms with van der Waals surface area (Å²) >= 11 is 0. The van der Waals surface area contributed by atoms with Crippen LogP contribution in [-0.4, -0.2) is 34.8 Å². The van der Waals surface area contributed by atoms with Crippen LogP contribution in [0.3, 0.4) is 0 Å². The van der Waals surface area contributed by atoms with Crippen molar-refractivity contribution >= 4 is 0 Å². The fourth-order valence-electron chi connectivity index (χ4n) is 1.97. The van der Waals surface area contributed by atoms with Gasteiger partial charge in [0.25, 0.3) is 0 Å². The summed E-state index contributed by atoms with van der Waals surface area (Å²) in [6, 6.07) is 0.549. The Morgan fingerprint density at radius 2 is 2.53 bits per heavy atom. The van der Waals surface area contributed by atoms with Gasteiger partial charge in [-0.25, -0.2) is 4.98 Å². The van der Waals surface area contributed by atoms with Gasteiger partial charge in [-0.15, -0.1) is 0 Å². The molecule has 0 aromatic carbocycles. The van der Waals surface area contributed by atoms with Gasteiger partial charge >= 0.3 is 0 Å². The quantitative estimate of drug-likeness (QED) is 0.736. The highest BCUT2D eigenvalue weighted by molar-refractivity contribution is 4.79. The molecule has 0 spiro atoms. The second-order valence-corrected chi connectivity index (χ2v) is 4.08. The molecule has 1 saturated heterocycles. The molecule has 4 nitrogen and oxygen atoms in total. The molecule has 1 N–H and O–H groups in total. The van der Waals surface area contributed by atoms with Crippen molar-refractivity contribution in [2.24, 2.45) is 0 Å². The van der Waals surface area contributed by atoms with Crippen LogP contribution in [-0.2, 0) is 11.3 Å². The van der Waals surface area contributed by atoms with E-state index in [1.807, 2.05) is 18.7 Å². The second-order valence-electron chi connectivity index (χ2n) is 4.08. The van der Waals surface area contributed by atoms with Crippen LogP contribution in [0, 0.1) is 0 Å². The van der Waals surface area contributed by atoms with E-state index >= 15 is 0 Å². The van der Waals surface area contributed by atoms with Crippen LogP contribution in [0.5, 0.6) is 0 Å². The molecule has 2 atom stereocenters. The lowest BCUT2D eigenvalue weighted by molar-refractivity contribution is 0.113. The smallest absolute Gasteiger partial charge is 0.0945 e. The van der Waals surface area contributed by atoms with Crippen molar-refractivity contribution in [1.82, 2.24) is 14.9 Å². The largest absolute Gasteiger partial charge is 0.377 e. The molecular weight excluding hydrogens is 190 g/mol. The van der Waals surface area contributed by atoms with Crippen molar-refractivity contribution in [2.45, 2.75) is 38.5 Å².